The summed E-state index contributed by atoms with van der Waals surface area (Å²) in [6.07, 6.45) is 3.47. The van der Waals surface area contributed by atoms with Crippen molar-refractivity contribution in [3.05, 3.63) is 23.8 Å². The maximum absolute atomic E-state index is 12.5. The lowest BCUT2D eigenvalue weighted by Gasteiger charge is -2.35. The second-order valence-electron chi connectivity index (χ2n) is 5.84. The van der Waals surface area contributed by atoms with E-state index in [-0.39, 0.29) is 5.91 Å². The van der Waals surface area contributed by atoms with Gasteiger partial charge in [0.15, 0.2) is 0 Å². The number of methoxy groups -OCH3 is 1. The summed E-state index contributed by atoms with van der Waals surface area (Å²) < 4.78 is 5.22. The molecule has 3 N–H and O–H groups in total. The Balaban J connectivity index is 2.18. The Morgan fingerprint density at radius 1 is 1.57 bits per heavy atom. The van der Waals surface area contributed by atoms with E-state index in [4.69, 9.17) is 15.7 Å². The van der Waals surface area contributed by atoms with Gasteiger partial charge in [0.2, 0.25) is 5.91 Å². The van der Waals surface area contributed by atoms with Crippen LogP contribution in [0.2, 0.25) is 0 Å². The maximum atomic E-state index is 12.5. The predicted molar refractivity (Wildman–Crippen MR) is 80.9 cm³/mol. The molecule has 0 aromatic heterocycles. The molecule has 1 aliphatic carbocycles. The fourth-order valence-corrected chi connectivity index (χ4v) is 2.91. The van der Waals surface area contributed by atoms with E-state index in [1.807, 2.05) is 6.07 Å². The summed E-state index contributed by atoms with van der Waals surface area (Å²) in [6, 6.07) is 6.96. The summed E-state index contributed by atoms with van der Waals surface area (Å²) in [5.74, 6) is 0.740. The number of hydrogen-bond acceptors (Lipinski definition) is 4. The Hall–Kier alpha value is -2.06. The number of benzene rings is 1. The van der Waals surface area contributed by atoms with E-state index in [1.54, 1.807) is 18.2 Å². The molecular weight excluding hydrogens is 266 g/mol. The molecule has 1 aromatic carbocycles. The van der Waals surface area contributed by atoms with Crippen LogP contribution in [0.3, 0.4) is 0 Å². The molecule has 5 heteroatoms. The lowest BCUT2D eigenvalue weighted by molar-refractivity contribution is -0.122. The molecule has 0 saturated heterocycles. The highest BCUT2D eigenvalue weighted by Gasteiger charge is 2.38. The number of ether oxygens (including phenoxy) is 1. The van der Waals surface area contributed by atoms with Gasteiger partial charge in [-0.25, -0.2) is 0 Å². The molecule has 2 unspecified atom stereocenters. The molecule has 2 atom stereocenters. The topological polar surface area (TPSA) is 88.1 Å². The number of rotatable bonds is 3. The zero-order valence-electron chi connectivity index (χ0n) is 12.5. The van der Waals surface area contributed by atoms with Gasteiger partial charge in [-0.1, -0.05) is 19.8 Å². The highest BCUT2D eigenvalue weighted by atomic mass is 16.5. The van der Waals surface area contributed by atoms with Gasteiger partial charge < -0.3 is 15.8 Å². The van der Waals surface area contributed by atoms with E-state index in [0.29, 0.717) is 35.8 Å². The minimum atomic E-state index is -0.823. The second kappa shape index (κ2) is 6.15. The van der Waals surface area contributed by atoms with Crippen LogP contribution >= 0.6 is 0 Å². The van der Waals surface area contributed by atoms with Crippen molar-refractivity contribution in [3.63, 3.8) is 0 Å². The molecule has 1 amide bonds. The molecule has 0 bridgehead atoms. The number of nitrogens with two attached hydrogens (primary N) is 1. The first-order chi connectivity index (χ1) is 9.98. The lowest BCUT2D eigenvalue weighted by atomic mass is 9.76. The van der Waals surface area contributed by atoms with E-state index < -0.39 is 5.54 Å². The number of carbonyl (C=O) groups is 1. The first-order valence-electron chi connectivity index (χ1n) is 7.17. The number of carbonyl (C=O) groups excluding carboxylic acids is 1. The highest BCUT2D eigenvalue weighted by molar-refractivity contribution is 5.99. The molecular formula is C16H21N3O2. The van der Waals surface area contributed by atoms with Gasteiger partial charge in [0.05, 0.1) is 30.0 Å². The number of nitrogens with one attached hydrogen (secondary N) is 1. The summed E-state index contributed by atoms with van der Waals surface area (Å²) in [5.41, 5.74) is 6.49. The fraction of sp³-hybridized carbons (Fsp3) is 0.500. The molecule has 0 heterocycles. The van der Waals surface area contributed by atoms with Crippen LogP contribution in [0.1, 0.15) is 38.2 Å². The number of amides is 1. The molecule has 112 valence electrons. The van der Waals surface area contributed by atoms with Crippen molar-refractivity contribution in [1.82, 2.24) is 0 Å². The third-order valence-corrected chi connectivity index (χ3v) is 4.06. The zero-order chi connectivity index (χ0) is 15.5. The van der Waals surface area contributed by atoms with E-state index in [9.17, 15) is 4.79 Å². The van der Waals surface area contributed by atoms with Crippen molar-refractivity contribution in [2.75, 3.05) is 12.4 Å². The third-order valence-electron chi connectivity index (χ3n) is 4.06. The number of hydrogen-bond donors (Lipinski definition) is 2. The summed E-state index contributed by atoms with van der Waals surface area (Å²) >= 11 is 0. The molecule has 1 saturated carbocycles. The first kappa shape index (κ1) is 15.3. The normalized spacial score (nSPS) is 25.0. The van der Waals surface area contributed by atoms with Crippen LogP contribution in [0, 0.1) is 17.2 Å². The van der Waals surface area contributed by atoms with Crippen LogP contribution in [-0.4, -0.2) is 18.6 Å². The zero-order valence-corrected chi connectivity index (χ0v) is 12.5. The standard InChI is InChI=1S/C16H21N3O2/c1-11-4-3-7-16(18,9-11)15(20)19-13-6-5-12(10-17)8-14(13)21-2/h5-6,8,11H,3-4,7,9,18H2,1-2H3,(H,19,20). The van der Waals surface area contributed by atoms with Crippen molar-refractivity contribution in [2.45, 2.75) is 38.1 Å². The second-order valence-corrected chi connectivity index (χ2v) is 5.84. The molecule has 21 heavy (non-hydrogen) atoms. The Morgan fingerprint density at radius 3 is 2.95 bits per heavy atom. The van der Waals surface area contributed by atoms with Crippen LogP contribution in [0.25, 0.3) is 0 Å². The van der Waals surface area contributed by atoms with E-state index in [0.717, 1.165) is 12.8 Å². The molecule has 2 rings (SSSR count). The summed E-state index contributed by atoms with van der Waals surface area (Å²) in [7, 11) is 1.51. The fourth-order valence-electron chi connectivity index (χ4n) is 2.91. The van der Waals surface area contributed by atoms with Crippen molar-refractivity contribution in [1.29, 1.82) is 5.26 Å². The average Bonchev–Trinajstić information content (AvgIpc) is 2.47. The van der Waals surface area contributed by atoms with Crippen LogP contribution < -0.4 is 15.8 Å². The number of nitriles is 1. The number of anilines is 1. The van der Waals surface area contributed by atoms with Gasteiger partial charge in [-0.2, -0.15) is 5.26 Å². The Labute approximate surface area is 125 Å². The monoisotopic (exact) mass is 287 g/mol. The maximum Gasteiger partial charge on any atom is 0.244 e. The summed E-state index contributed by atoms with van der Waals surface area (Å²) in [6.45, 7) is 2.12. The quantitative estimate of drug-likeness (QED) is 0.893. The van der Waals surface area contributed by atoms with Gasteiger partial charge in [0.25, 0.3) is 0 Å². The minimum absolute atomic E-state index is 0.183. The summed E-state index contributed by atoms with van der Waals surface area (Å²) in [4.78, 5) is 12.5. The molecule has 0 spiro atoms. The predicted octanol–water partition coefficient (Wildman–Crippen LogP) is 2.41. The van der Waals surface area contributed by atoms with E-state index >= 15 is 0 Å². The largest absolute Gasteiger partial charge is 0.495 e. The molecule has 1 aliphatic rings. The van der Waals surface area contributed by atoms with Crippen molar-refractivity contribution >= 4 is 11.6 Å². The SMILES string of the molecule is COc1cc(C#N)ccc1NC(=O)C1(N)CCCC(C)C1. The average molecular weight is 287 g/mol. The smallest absolute Gasteiger partial charge is 0.244 e. The summed E-state index contributed by atoms with van der Waals surface area (Å²) in [5, 5.41) is 11.7. The molecule has 1 aromatic rings. The Kier molecular flexibility index (Phi) is 4.49. The van der Waals surface area contributed by atoms with Gasteiger partial charge in [-0.15, -0.1) is 0 Å². The molecule has 0 aliphatic heterocycles. The van der Waals surface area contributed by atoms with E-state index in [2.05, 4.69) is 12.2 Å². The molecule has 0 radical (unpaired) electrons. The van der Waals surface area contributed by atoms with Crippen molar-refractivity contribution in [2.24, 2.45) is 11.7 Å². The van der Waals surface area contributed by atoms with Crippen molar-refractivity contribution < 1.29 is 9.53 Å². The van der Waals surface area contributed by atoms with Crippen LogP contribution in [-0.2, 0) is 4.79 Å². The van der Waals surface area contributed by atoms with Crippen LogP contribution in [0.15, 0.2) is 18.2 Å². The Bertz CT molecular complexity index is 579. The van der Waals surface area contributed by atoms with Gasteiger partial charge in [0.1, 0.15) is 5.75 Å². The van der Waals surface area contributed by atoms with Gasteiger partial charge in [-0.3, -0.25) is 4.79 Å². The van der Waals surface area contributed by atoms with Crippen LogP contribution in [0.5, 0.6) is 5.75 Å². The van der Waals surface area contributed by atoms with E-state index in [1.165, 1.54) is 7.11 Å². The first-order valence-corrected chi connectivity index (χ1v) is 7.17. The van der Waals surface area contributed by atoms with Crippen LogP contribution in [0.4, 0.5) is 5.69 Å². The molecule has 1 fully saturated rings. The van der Waals surface area contributed by atoms with Crippen molar-refractivity contribution in [3.8, 4) is 11.8 Å². The van der Waals surface area contributed by atoms with Gasteiger partial charge >= 0.3 is 0 Å². The Morgan fingerprint density at radius 2 is 2.33 bits per heavy atom. The van der Waals surface area contributed by atoms with Gasteiger partial charge in [0, 0.05) is 6.07 Å². The molecule has 5 nitrogen and oxygen atoms in total. The minimum Gasteiger partial charge on any atom is -0.495 e. The highest BCUT2D eigenvalue weighted by Crippen LogP contribution is 2.33. The third kappa shape index (κ3) is 3.34. The van der Waals surface area contributed by atoms with Gasteiger partial charge in [-0.05, 0) is 30.9 Å². The number of nitrogens with zero attached hydrogens (tertiary/aromatic N) is 1. The lowest BCUT2D eigenvalue weighted by Crippen LogP contribution is -2.53.